The molecule has 0 aliphatic carbocycles. The van der Waals surface area contributed by atoms with Gasteiger partial charge in [-0.25, -0.2) is 12.9 Å². The molecule has 0 bridgehead atoms. The second-order valence-electron chi connectivity index (χ2n) is 5.23. The van der Waals surface area contributed by atoms with Gasteiger partial charge in [0.05, 0.1) is 17.0 Å². The van der Waals surface area contributed by atoms with E-state index in [1.165, 1.54) is 12.3 Å². The van der Waals surface area contributed by atoms with Crippen molar-refractivity contribution in [1.82, 2.24) is 19.9 Å². The molecule has 9 nitrogen and oxygen atoms in total. The molecule has 0 fully saturated rings. The van der Waals surface area contributed by atoms with E-state index >= 15 is 0 Å². The Kier molecular flexibility index (Phi) is 4.52. The molecule has 0 aromatic carbocycles. The Bertz CT molecular complexity index is 1070. The second-order valence-corrected chi connectivity index (χ2v) is 7.08. The Morgan fingerprint density at radius 3 is 2.88 bits per heavy atom. The first kappa shape index (κ1) is 16.7. The van der Waals surface area contributed by atoms with Gasteiger partial charge in [0.15, 0.2) is 0 Å². The molecule has 0 aliphatic rings. The minimum absolute atomic E-state index is 0.0874. The van der Waals surface area contributed by atoms with Gasteiger partial charge in [-0.1, -0.05) is 0 Å². The van der Waals surface area contributed by atoms with E-state index in [0.29, 0.717) is 5.69 Å². The van der Waals surface area contributed by atoms with E-state index < -0.39 is 21.5 Å². The number of anilines is 1. The van der Waals surface area contributed by atoms with Crippen LogP contribution in [0.4, 0.5) is 5.69 Å². The van der Waals surface area contributed by atoms with E-state index in [4.69, 9.17) is 0 Å². The van der Waals surface area contributed by atoms with E-state index in [2.05, 4.69) is 20.1 Å². The summed E-state index contributed by atoms with van der Waals surface area (Å²) in [6.07, 6.45) is 4.60. The third-order valence-electron chi connectivity index (χ3n) is 3.37. The first-order valence-electron chi connectivity index (χ1n) is 7.34. The fourth-order valence-corrected chi connectivity index (χ4v) is 3.16. The zero-order valence-electron chi connectivity index (χ0n) is 13.0. The number of carbonyl (C=O) groups excluding carboxylic acids is 1. The lowest BCUT2D eigenvalue weighted by atomic mass is 10.2. The van der Waals surface area contributed by atoms with Gasteiger partial charge in [-0.05, 0) is 24.3 Å². The van der Waals surface area contributed by atoms with E-state index in [9.17, 15) is 18.0 Å². The van der Waals surface area contributed by atoms with Crippen LogP contribution in [0.5, 0.6) is 0 Å². The van der Waals surface area contributed by atoms with Crippen LogP contribution in [0, 0.1) is 0 Å². The summed E-state index contributed by atoms with van der Waals surface area (Å²) in [6, 6.07) is 7.57. The van der Waals surface area contributed by atoms with Crippen LogP contribution in [-0.4, -0.2) is 41.2 Å². The van der Waals surface area contributed by atoms with Gasteiger partial charge in [0.25, 0.3) is 5.91 Å². The molecule has 0 unspecified atom stereocenters. The van der Waals surface area contributed by atoms with Gasteiger partial charge in [-0.3, -0.25) is 14.3 Å². The molecule has 0 saturated carbocycles. The van der Waals surface area contributed by atoms with Crippen LogP contribution in [0.25, 0.3) is 5.52 Å². The zero-order chi connectivity index (χ0) is 17.9. The van der Waals surface area contributed by atoms with Gasteiger partial charge in [-0.2, -0.15) is 5.10 Å². The number of sulfonamides is 1. The molecule has 0 aliphatic heterocycles. The van der Waals surface area contributed by atoms with Gasteiger partial charge >= 0.3 is 0 Å². The Morgan fingerprint density at radius 2 is 2.08 bits per heavy atom. The second kappa shape index (κ2) is 6.77. The van der Waals surface area contributed by atoms with Crippen molar-refractivity contribution in [3.8, 4) is 0 Å². The summed E-state index contributed by atoms with van der Waals surface area (Å²) in [5.74, 6) is -0.811. The first-order chi connectivity index (χ1) is 11.9. The number of aromatic nitrogens is 3. The van der Waals surface area contributed by atoms with Crippen LogP contribution in [0.1, 0.15) is 10.4 Å². The minimum atomic E-state index is -3.63. The fourth-order valence-electron chi connectivity index (χ4n) is 2.20. The van der Waals surface area contributed by atoms with E-state index in [1.54, 1.807) is 35.1 Å². The topological polar surface area (TPSA) is 125 Å². The third kappa shape index (κ3) is 4.23. The number of aromatic amines is 1. The van der Waals surface area contributed by atoms with Crippen molar-refractivity contribution in [3.05, 3.63) is 64.8 Å². The van der Waals surface area contributed by atoms with E-state index in [-0.39, 0.29) is 17.9 Å². The predicted molar refractivity (Wildman–Crippen MR) is 92.0 cm³/mol. The number of nitrogens with one attached hydrogen (secondary N) is 3. The standard InChI is InChI=1S/C15H15N5O4S/c21-14-9-11(1-4-16-14)15(22)17-6-8-25(23,24)19-12-3-7-20-13(10-12)2-5-18-20/h1-5,7,9-10,19H,6,8H2,(H,16,21)(H,17,22). The lowest BCUT2D eigenvalue weighted by Gasteiger charge is -2.09. The highest BCUT2D eigenvalue weighted by Gasteiger charge is 2.12. The Labute approximate surface area is 142 Å². The van der Waals surface area contributed by atoms with Crippen molar-refractivity contribution in [2.75, 3.05) is 17.0 Å². The third-order valence-corrected chi connectivity index (χ3v) is 4.65. The highest BCUT2D eigenvalue weighted by atomic mass is 32.2. The van der Waals surface area contributed by atoms with Crippen molar-refractivity contribution in [2.24, 2.45) is 0 Å². The maximum absolute atomic E-state index is 12.1. The Hall–Kier alpha value is -3.14. The molecule has 130 valence electrons. The van der Waals surface area contributed by atoms with Crippen LogP contribution in [0.15, 0.2) is 53.7 Å². The average Bonchev–Trinajstić information content (AvgIpc) is 3.01. The van der Waals surface area contributed by atoms with Gasteiger partial charge < -0.3 is 10.3 Å². The molecule has 1 amide bonds. The van der Waals surface area contributed by atoms with E-state index in [0.717, 1.165) is 11.6 Å². The molecule has 10 heteroatoms. The smallest absolute Gasteiger partial charge is 0.251 e. The molecule has 0 saturated heterocycles. The Morgan fingerprint density at radius 1 is 1.24 bits per heavy atom. The van der Waals surface area contributed by atoms with Gasteiger partial charge in [0.1, 0.15) is 0 Å². The van der Waals surface area contributed by atoms with Crippen LogP contribution >= 0.6 is 0 Å². The number of amides is 1. The normalized spacial score (nSPS) is 11.4. The number of H-pyrrole nitrogens is 1. The molecule has 0 atom stereocenters. The molecule has 3 aromatic heterocycles. The van der Waals surface area contributed by atoms with Gasteiger partial charge in [0, 0.05) is 36.8 Å². The van der Waals surface area contributed by atoms with Crippen LogP contribution in [-0.2, 0) is 10.0 Å². The lowest BCUT2D eigenvalue weighted by Crippen LogP contribution is -2.31. The zero-order valence-corrected chi connectivity index (χ0v) is 13.8. The molecule has 3 heterocycles. The molecule has 3 N–H and O–H groups in total. The van der Waals surface area contributed by atoms with Crippen molar-refractivity contribution in [3.63, 3.8) is 0 Å². The number of pyridine rings is 2. The summed E-state index contributed by atoms with van der Waals surface area (Å²) in [7, 11) is -3.63. The summed E-state index contributed by atoms with van der Waals surface area (Å²) < 4.78 is 28.3. The summed E-state index contributed by atoms with van der Waals surface area (Å²) >= 11 is 0. The maximum Gasteiger partial charge on any atom is 0.251 e. The highest BCUT2D eigenvalue weighted by Crippen LogP contribution is 2.12. The summed E-state index contributed by atoms with van der Waals surface area (Å²) in [5, 5.41) is 6.50. The predicted octanol–water partition coefficient (Wildman–Crippen LogP) is 0.194. The number of carbonyl (C=O) groups is 1. The molecular weight excluding hydrogens is 346 g/mol. The molecule has 0 spiro atoms. The SMILES string of the molecule is O=C(NCCS(=O)(=O)Nc1ccn2nccc2c1)c1cc[nH]c(=O)c1. The lowest BCUT2D eigenvalue weighted by molar-refractivity contribution is 0.0956. The molecule has 25 heavy (non-hydrogen) atoms. The van der Waals surface area contributed by atoms with E-state index in [1.807, 2.05) is 0 Å². The van der Waals surface area contributed by atoms with Gasteiger partial charge in [0.2, 0.25) is 15.6 Å². The van der Waals surface area contributed by atoms with Crippen molar-refractivity contribution < 1.29 is 13.2 Å². The van der Waals surface area contributed by atoms with Crippen molar-refractivity contribution in [1.29, 1.82) is 0 Å². The molecule has 3 aromatic rings. The van der Waals surface area contributed by atoms with Crippen LogP contribution in [0.2, 0.25) is 0 Å². The van der Waals surface area contributed by atoms with Gasteiger partial charge in [-0.15, -0.1) is 0 Å². The highest BCUT2D eigenvalue weighted by molar-refractivity contribution is 7.92. The maximum atomic E-state index is 12.1. The number of nitrogens with zero attached hydrogens (tertiary/aromatic N) is 2. The number of rotatable bonds is 6. The quantitative estimate of drug-likeness (QED) is 0.578. The molecule has 0 radical (unpaired) electrons. The van der Waals surface area contributed by atoms with Crippen molar-refractivity contribution in [2.45, 2.75) is 0 Å². The van der Waals surface area contributed by atoms with Crippen molar-refractivity contribution >= 4 is 27.1 Å². The Balaban J connectivity index is 1.58. The molecular formula is C15H15N5O4S. The number of hydrogen-bond donors (Lipinski definition) is 3. The van der Waals surface area contributed by atoms with Crippen LogP contribution in [0.3, 0.4) is 0 Å². The summed E-state index contributed by atoms with van der Waals surface area (Å²) in [6.45, 7) is -0.0874. The van der Waals surface area contributed by atoms with Crippen LogP contribution < -0.4 is 15.6 Å². The number of hydrogen-bond acceptors (Lipinski definition) is 5. The summed E-state index contributed by atoms with van der Waals surface area (Å²) in [5.41, 5.74) is 0.925. The minimum Gasteiger partial charge on any atom is -0.351 e. The molecule has 3 rings (SSSR count). The fraction of sp³-hybridized carbons (Fsp3) is 0.133. The average molecular weight is 361 g/mol. The largest absolute Gasteiger partial charge is 0.351 e. The monoisotopic (exact) mass is 361 g/mol. The first-order valence-corrected chi connectivity index (χ1v) is 8.99. The summed E-state index contributed by atoms with van der Waals surface area (Å²) in [4.78, 5) is 25.4. The number of fused-ring (bicyclic) bond motifs is 1.